The zero-order valence-corrected chi connectivity index (χ0v) is 21.3. The predicted octanol–water partition coefficient (Wildman–Crippen LogP) is 6.77. The molecule has 0 radical (unpaired) electrons. The number of hydrazone groups is 1. The van der Waals surface area contributed by atoms with E-state index < -0.39 is 0 Å². The quantitative estimate of drug-likeness (QED) is 0.223. The van der Waals surface area contributed by atoms with Gasteiger partial charge in [-0.05, 0) is 72.5 Å². The number of unbranched alkanes of at least 4 members (excludes halogenated alkanes) is 1. The Bertz CT molecular complexity index is 1210. The van der Waals surface area contributed by atoms with E-state index in [9.17, 15) is 9.59 Å². The van der Waals surface area contributed by atoms with Crippen molar-refractivity contribution in [1.29, 1.82) is 0 Å². The normalized spacial score (nSPS) is 10.9. The number of benzene rings is 3. The van der Waals surface area contributed by atoms with Crippen LogP contribution in [0.4, 0.5) is 5.69 Å². The van der Waals surface area contributed by atoms with Crippen LogP contribution in [0.1, 0.15) is 41.3 Å². The van der Waals surface area contributed by atoms with Gasteiger partial charge in [0.25, 0.3) is 11.8 Å². The highest BCUT2D eigenvalue weighted by Gasteiger charge is 2.09. The fourth-order valence-electron chi connectivity index (χ4n) is 3.06. The topological polar surface area (TPSA) is 79.8 Å². The van der Waals surface area contributed by atoms with Crippen molar-refractivity contribution < 1.29 is 14.3 Å². The molecule has 0 saturated carbocycles. The average molecular weight is 533 g/mol. The predicted molar refractivity (Wildman–Crippen MR) is 142 cm³/mol. The first-order valence-corrected chi connectivity index (χ1v) is 12.1. The van der Waals surface area contributed by atoms with Gasteiger partial charge in [0.15, 0.2) is 6.61 Å². The maximum Gasteiger partial charge on any atom is 0.271 e. The fourth-order valence-corrected chi connectivity index (χ4v) is 3.60. The maximum atomic E-state index is 12.3. The van der Waals surface area contributed by atoms with Crippen LogP contribution < -0.4 is 15.5 Å². The molecule has 0 aromatic heterocycles. The van der Waals surface area contributed by atoms with Crippen molar-refractivity contribution in [3.63, 3.8) is 0 Å². The molecule has 0 aliphatic carbocycles. The number of anilines is 1. The van der Waals surface area contributed by atoms with Crippen LogP contribution in [-0.4, -0.2) is 24.6 Å². The fraction of sp³-hybridized carbons (Fsp3) is 0.192. The highest BCUT2D eigenvalue weighted by molar-refractivity contribution is 6.42. The summed E-state index contributed by atoms with van der Waals surface area (Å²) in [5, 5.41) is 7.68. The number of halogens is 3. The van der Waals surface area contributed by atoms with Gasteiger partial charge in [-0.15, -0.1) is 0 Å². The summed E-state index contributed by atoms with van der Waals surface area (Å²) >= 11 is 18.1. The van der Waals surface area contributed by atoms with Gasteiger partial charge in [-0.2, -0.15) is 5.10 Å². The number of aryl methyl sites for hydroxylation is 1. The average Bonchev–Trinajstić information content (AvgIpc) is 2.84. The summed E-state index contributed by atoms with van der Waals surface area (Å²) < 4.78 is 5.50. The number of hydrogen-bond donors (Lipinski definition) is 2. The molecule has 35 heavy (non-hydrogen) atoms. The van der Waals surface area contributed by atoms with Crippen molar-refractivity contribution in [3.8, 4) is 5.75 Å². The lowest BCUT2D eigenvalue weighted by atomic mass is 10.1. The van der Waals surface area contributed by atoms with Crippen molar-refractivity contribution in [2.45, 2.75) is 26.2 Å². The second-order valence-corrected chi connectivity index (χ2v) is 8.88. The first kappa shape index (κ1) is 26.5. The van der Waals surface area contributed by atoms with E-state index in [2.05, 4.69) is 22.8 Å². The molecule has 0 spiro atoms. The molecule has 9 heteroatoms. The number of amides is 2. The Morgan fingerprint density at radius 1 is 0.943 bits per heavy atom. The molecule has 0 heterocycles. The zero-order chi connectivity index (χ0) is 25.2. The zero-order valence-electron chi connectivity index (χ0n) is 19.0. The van der Waals surface area contributed by atoms with Crippen LogP contribution in [0.2, 0.25) is 15.1 Å². The van der Waals surface area contributed by atoms with Gasteiger partial charge in [-0.3, -0.25) is 9.59 Å². The summed E-state index contributed by atoms with van der Waals surface area (Å²) in [6, 6.07) is 17.2. The number of rotatable bonds is 10. The van der Waals surface area contributed by atoms with E-state index in [4.69, 9.17) is 39.5 Å². The number of carbonyl (C=O) groups excluding carboxylic acids is 2. The smallest absolute Gasteiger partial charge is 0.271 e. The van der Waals surface area contributed by atoms with Gasteiger partial charge in [-0.1, -0.05) is 60.3 Å². The summed E-state index contributed by atoms with van der Waals surface area (Å²) in [5.41, 5.74) is 5.39. The van der Waals surface area contributed by atoms with Crippen LogP contribution in [0.25, 0.3) is 0 Å². The van der Waals surface area contributed by atoms with Crippen LogP contribution in [0, 0.1) is 0 Å². The Balaban J connectivity index is 1.49. The summed E-state index contributed by atoms with van der Waals surface area (Å²) in [7, 11) is 0. The van der Waals surface area contributed by atoms with Crippen molar-refractivity contribution >= 4 is 58.5 Å². The van der Waals surface area contributed by atoms with E-state index in [0.29, 0.717) is 37.6 Å². The molecule has 0 aliphatic rings. The van der Waals surface area contributed by atoms with Gasteiger partial charge in [-0.25, -0.2) is 5.43 Å². The maximum absolute atomic E-state index is 12.3. The largest absolute Gasteiger partial charge is 0.482 e. The Morgan fingerprint density at radius 2 is 1.71 bits per heavy atom. The van der Waals surface area contributed by atoms with E-state index in [1.54, 1.807) is 48.5 Å². The third kappa shape index (κ3) is 8.28. The Labute approximate surface area is 219 Å². The van der Waals surface area contributed by atoms with Crippen molar-refractivity contribution in [2.24, 2.45) is 5.10 Å². The van der Waals surface area contributed by atoms with Crippen LogP contribution in [-0.2, 0) is 11.2 Å². The lowest BCUT2D eigenvalue weighted by molar-refractivity contribution is -0.118. The minimum absolute atomic E-state index is 0.249. The van der Waals surface area contributed by atoms with E-state index in [1.807, 2.05) is 12.1 Å². The first-order chi connectivity index (χ1) is 16.9. The van der Waals surface area contributed by atoms with E-state index in [1.165, 1.54) is 11.8 Å². The van der Waals surface area contributed by atoms with Crippen molar-refractivity contribution in [3.05, 3.63) is 92.4 Å². The summed E-state index contributed by atoms with van der Waals surface area (Å²) in [6.45, 7) is 1.90. The monoisotopic (exact) mass is 531 g/mol. The third-order valence-corrected chi connectivity index (χ3v) is 5.97. The molecule has 3 aromatic rings. The standard InChI is InChI=1S/C26H24Cl3N3O3/c1-2-3-4-17-5-8-19(9-6-17)26(34)32-30-15-18-7-12-24(23(29)13-18)35-16-25(33)31-20-10-11-21(27)22(28)14-20/h5-15H,2-4,16H2,1H3,(H,31,33)(H,32,34)/b30-15+. The van der Waals surface area contributed by atoms with Gasteiger partial charge in [0.1, 0.15) is 5.75 Å². The lowest BCUT2D eigenvalue weighted by Gasteiger charge is -2.10. The van der Waals surface area contributed by atoms with Crippen LogP contribution in [0.3, 0.4) is 0 Å². The molecule has 0 fully saturated rings. The van der Waals surface area contributed by atoms with Gasteiger partial charge >= 0.3 is 0 Å². The minimum Gasteiger partial charge on any atom is -0.482 e. The van der Waals surface area contributed by atoms with Crippen molar-refractivity contribution in [1.82, 2.24) is 5.43 Å². The number of nitrogens with zero attached hydrogens (tertiary/aromatic N) is 1. The molecular formula is C26H24Cl3N3O3. The second kappa shape index (κ2) is 13.1. The minimum atomic E-state index is -0.383. The number of ether oxygens (including phenoxy) is 1. The van der Waals surface area contributed by atoms with Crippen LogP contribution in [0.5, 0.6) is 5.75 Å². The molecule has 2 amide bonds. The first-order valence-electron chi connectivity index (χ1n) is 11.0. The molecule has 0 saturated heterocycles. The van der Waals surface area contributed by atoms with E-state index in [0.717, 1.165) is 19.3 Å². The molecule has 0 bridgehead atoms. The van der Waals surface area contributed by atoms with Gasteiger partial charge in [0.05, 0.1) is 21.3 Å². The number of carbonyl (C=O) groups is 2. The van der Waals surface area contributed by atoms with Gasteiger partial charge in [0.2, 0.25) is 0 Å². The Hall–Kier alpha value is -3.06. The third-order valence-electron chi connectivity index (χ3n) is 4.93. The van der Waals surface area contributed by atoms with E-state index >= 15 is 0 Å². The molecular weight excluding hydrogens is 509 g/mol. The summed E-state index contributed by atoms with van der Waals surface area (Å²) in [4.78, 5) is 24.4. The van der Waals surface area contributed by atoms with E-state index in [-0.39, 0.29) is 18.4 Å². The molecule has 0 atom stereocenters. The summed E-state index contributed by atoms with van der Waals surface area (Å²) in [5.74, 6) is -0.353. The Morgan fingerprint density at radius 3 is 2.40 bits per heavy atom. The highest BCUT2D eigenvalue weighted by Crippen LogP contribution is 2.26. The van der Waals surface area contributed by atoms with Gasteiger partial charge in [0, 0.05) is 11.3 Å². The van der Waals surface area contributed by atoms with Gasteiger partial charge < -0.3 is 10.1 Å². The second-order valence-electron chi connectivity index (χ2n) is 7.66. The number of hydrogen-bond acceptors (Lipinski definition) is 4. The molecule has 2 N–H and O–H groups in total. The van der Waals surface area contributed by atoms with Crippen LogP contribution in [0.15, 0.2) is 65.8 Å². The molecule has 182 valence electrons. The SMILES string of the molecule is CCCCc1ccc(C(=O)N/N=C/c2ccc(OCC(=O)Nc3ccc(Cl)c(Cl)c3)c(Cl)c2)cc1. The molecule has 0 aliphatic heterocycles. The molecule has 3 rings (SSSR count). The summed E-state index contributed by atoms with van der Waals surface area (Å²) in [6.07, 6.45) is 4.72. The Kier molecular flexibility index (Phi) is 9.97. The van der Waals surface area contributed by atoms with Crippen LogP contribution >= 0.6 is 34.8 Å². The van der Waals surface area contributed by atoms with Crippen molar-refractivity contribution in [2.75, 3.05) is 11.9 Å². The highest BCUT2D eigenvalue weighted by atomic mass is 35.5. The molecule has 6 nitrogen and oxygen atoms in total. The lowest BCUT2D eigenvalue weighted by Crippen LogP contribution is -2.20. The number of nitrogens with one attached hydrogen (secondary N) is 2. The molecule has 0 unspecified atom stereocenters. The molecule has 3 aromatic carbocycles.